The molecule has 0 radical (unpaired) electrons. The first kappa shape index (κ1) is 17.8. The minimum Gasteiger partial charge on any atom is -0.435 e. The molecule has 1 aromatic heterocycles. The van der Waals surface area contributed by atoms with Gasteiger partial charge < -0.3 is 15.2 Å². The molecule has 2 aromatic rings. The maximum atomic E-state index is 12.2. The summed E-state index contributed by atoms with van der Waals surface area (Å²) < 4.78 is 28.7. The molecule has 0 saturated heterocycles. The first-order valence-corrected chi connectivity index (χ1v) is 7.32. The first-order valence-electron chi connectivity index (χ1n) is 7.32. The van der Waals surface area contributed by atoms with E-state index in [0.29, 0.717) is 16.8 Å². The van der Waals surface area contributed by atoms with Gasteiger partial charge in [-0.2, -0.15) is 8.78 Å². The van der Waals surface area contributed by atoms with Crippen molar-refractivity contribution in [1.82, 2.24) is 10.3 Å². The number of benzene rings is 1. The van der Waals surface area contributed by atoms with Gasteiger partial charge in [-0.25, -0.2) is 0 Å². The third-order valence-electron chi connectivity index (χ3n) is 3.39. The van der Waals surface area contributed by atoms with Crippen LogP contribution in [0, 0.1) is 13.8 Å². The monoisotopic (exact) mass is 336 g/mol. The van der Waals surface area contributed by atoms with Crippen LogP contribution in [0.25, 0.3) is 0 Å². The van der Waals surface area contributed by atoms with E-state index in [1.54, 1.807) is 25.1 Å². The molecule has 24 heavy (non-hydrogen) atoms. The van der Waals surface area contributed by atoms with Crippen molar-refractivity contribution in [3.63, 3.8) is 0 Å². The molecule has 1 aromatic carbocycles. The Labute approximate surface area is 138 Å². The Kier molecular flexibility index (Phi) is 5.81. The summed E-state index contributed by atoms with van der Waals surface area (Å²) >= 11 is 0. The summed E-state index contributed by atoms with van der Waals surface area (Å²) in [7, 11) is 0. The maximum absolute atomic E-state index is 12.2. The van der Waals surface area contributed by atoms with E-state index in [2.05, 4.69) is 15.0 Å². The van der Waals surface area contributed by atoms with Gasteiger partial charge in [0.05, 0.1) is 17.4 Å². The predicted molar refractivity (Wildman–Crippen MR) is 84.1 cm³/mol. The second-order valence-electron chi connectivity index (χ2n) is 5.26. The molecule has 2 rings (SSSR count). The van der Waals surface area contributed by atoms with Gasteiger partial charge in [-0.15, -0.1) is 0 Å². The largest absolute Gasteiger partial charge is 0.435 e. The highest BCUT2D eigenvalue weighted by Crippen LogP contribution is 2.20. The highest BCUT2D eigenvalue weighted by Gasteiger charge is 2.14. The van der Waals surface area contributed by atoms with Gasteiger partial charge in [0.25, 0.3) is 5.91 Å². The molecule has 1 atom stereocenters. The van der Waals surface area contributed by atoms with Crippen molar-refractivity contribution >= 4 is 5.91 Å². The number of carbonyl (C=O) groups excluding carboxylic acids is 1. The summed E-state index contributed by atoms with van der Waals surface area (Å²) in [6, 6.07) is 9.11. The molecule has 1 unspecified atom stereocenters. The number of alkyl halides is 2. The van der Waals surface area contributed by atoms with Crippen LogP contribution in [-0.4, -0.2) is 29.2 Å². The molecule has 0 aliphatic rings. The number of hydrogen-bond acceptors (Lipinski definition) is 4. The molecule has 128 valence electrons. The van der Waals surface area contributed by atoms with Gasteiger partial charge >= 0.3 is 6.61 Å². The molecule has 1 heterocycles. The van der Waals surface area contributed by atoms with Crippen molar-refractivity contribution in [3.05, 3.63) is 58.9 Å². The Morgan fingerprint density at radius 3 is 2.71 bits per heavy atom. The van der Waals surface area contributed by atoms with Crippen molar-refractivity contribution in [2.45, 2.75) is 26.6 Å². The average molecular weight is 336 g/mol. The molecule has 2 N–H and O–H groups in total. The Bertz CT molecular complexity index is 723. The zero-order valence-electron chi connectivity index (χ0n) is 13.3. The lowest BCUT2D eigenvalue weighted by Crippen LogP contribution is -2.29. The smallest absolute Gasteiger partial charge is 0.387 e. The van der Waals surface area contributed by atoms with Gasteiger partial charge in [0.2, 0.25) is 0 Å². The van der Waals surface area contributed by atoms with E-state index in [9.17, 15) is 18.7 Å². The average Bonchev–Trinajstić information content (AvgIpc) is 2.52. The van der Waals surface area contributed by atoms with Crippen molar-refractivity contribution in [1.29, 1.82) is 0 Å². The number of carbonyl (C=O) groups is 1. The third kappa shape index (κ3) is 4.73. The van der Waals surface area contributed by atoms with Crippen LogP contribution >= 0.6 is 0 Å². The maximum Gasteiger partial charge on any atom is 0.387 e. The Hall–Kier alpha value is -2.54. The predicted octanol–water partition coefficient (Wildman–Crippen LogP) is 2.76. The van der Waals surface area contributed by atoms with Crippen LogP contribution in [0.15, 0.2) is 36.4 Å². The molecule has 0 aliphatic heterocycles. The fraction of sp³-hybridized carbons (Fsp3) is 0.294. The van der Waals surface area contributed by atoms with E-state index in [0.717, 1.165) is 5.69 Å². The van der Waals surface area contributed by atoms with Crippen LogP contribution in [0.2, 0.25) is 0 Å². The number of aliphatic hydroxyl groups is 1. The molecule has 1 amide bonds. The SMILES string of the molecule is Cc1ccc(C(=O)NCC(O)c2cccc(OC(F)F)c2)c(C)n1. The minimum atomic E-state index is -2.94. The van der Waals surface area contributed by atoms with Crippen molar-refractivity contribution in [2.75, 3.05) is 6.54 Å². The Balaban J connectivity index is 1.99. The van der Waals surface area contributed by atoms with Crippen LogP contribution in [0.5, 0.6) is 5.75 Å². The van der Waals surface area contributed by atoms with Crippen LogP contribution < -0.4 is 10.1 Å². The topological polar surface area (TPSA) is 71.5 Å². The fourth-order valence-corrected chi connectivity index (χ4v) is 2.23. The number of hydrogen-bond donors (Lipinski definition) is 2. The van der Waals surface area contributed by atoms with E-state index >= 15 is 0 Å². The summed E-state index contributed by atoms with van der Waals surface area (Å²) in [5, 5.41) is 12.7. The van der Waals surface area contributed by atoms with Crippen molar-refractivity contribution in [3.8, 4) is 5.75 Å². The van der Waals surface area contributed by atoms with E-state index in [1.807, 2.05) is 6.92 Å². The van der Waals surface area contributed by atoms with Gasteiger partial charge in [-0.3, -0.25) is 9.78 Å². The molecular weight excluding hydrogens is 318 g/mol. The number of halogens is 2. The van der Waals surface area contributed by atoms with Crippen molar-refractivity contribution < 1.29 is 23.4 Å². The number of amides is 1. The lowest BCUT2D eigenvalue weighted by Gasteiger charge is -2.14. The molecule has 0 fully saturated rings. The van der Waals surface area contributed by atoms with Crippen molar-refractivity contribution in [2.24, 2.45) is 0 Å². The second-order valence-corrected chi connectivity index (χ2v) is 5.26. The number of aliphatic hydroxyl groups excluding tert-OH is 1. The summed E-state index contributed by atoms with van der Waals surface area (Å²) in [4.78, 5) is 16.3. The van der Waals surface area contributed by atoms with Gasteiger partial charge in [0.15, 0.2) is 0 Å². The quantitative estimate of drug-likeness (QED) is 0.851. The molecular formula is C17H18F2N2O3. The van der Waals surface area contributed by atoms with Crippen LogP contribution in [0.4, 0.5) is 8.78 Å². The molecule has 0 aliphatic carbocycles. The second kappa shape index (κ2) is 7.83. The standard InChI is InChI=1S/C17H18F2N2O3/c1-10-6-7-14(11(2)21-10)16(23)20-9-15(22)12-4-3-5-13(8-12)24-17(18)19/h3-8,15,17,22H,9H2,1-2H3,(H,20,23). The lowest BCUT2D eigenvalue weighted by molar-refractivity contribution is -0.0499. The molecule has 0 spiro atoms. The van der Waals surface area contributed by atoms with E-state index in [1.165, 1.54) is 18.2 Å². The van der Waals surface area contributed by atoms with E-state index in [-0.39, 0.29) is 18.2 Å². The summed E-state index contributed by atoms with van der Waals surface area (Å²) in [6.45, 7) is 0.551. The Morgan fingerprint density at radius 2 is 2.04 bits per heavy atom. The highest BCUT2D eigenvalue weighted by atomic mass is 19.3. The number of aromatic nitrogens is 1. The number of pyridine rings is 1. The van der Waals surface area contributed by atoms with E-state index < -0.39 is 12.7 Å². The summed E-state index contributed by atoms with van der Waals surface area (Å²) in [6.07, 6.45) is -1.05. The number of rotatable bonds is 6. The van der Waals surface area contributed by atoms with E-state index in [4.69, 9.17) is 0 Å². The molecule has 0 bridgehead atoms. The summed E-state index contributed by atoms with van der Waals surface area (Å²) in [5.74, 6) is -0.412. The minimum absolute atomic E-state index is 0.0496. The van der Waals surface area contributed by atoms with Crippen LogP contribution in [0.3, 0.4) is 0 Å². The normalized spacial score (nSPS) is 12.1. The van der Waals surface area contributed by atoms with Gasteiger partial charge in [0.1, 0.15) is 5.75 Å². The third-order valence-corrected chi connectivity index (χ3v) is 3.39. The fourth-order valence-electron chi connectivity index (χ4n) is 2.23. The highest BCUT2D eigenvalue weighted by molar-refractivity contribution is 5.95. The molecule has 7 heteroatoms. The zero-order chi connectivity index (χ0) is 17.7. The molecule has 0 saturated carbocycles. The number of nitrogens with zero attached hydrogens (tertiary/aromatic N) is 1. The number of nitrogens with one attached hydrogen (secondary N) is 1. The first-order chi connectivity index (χ1) is 11.4. The summed E-state index contributed by atoms with van der Waals surface area (Å²) in [5.41, 5.74) is 2.18. The van der Waals surface area contributed by atoms with Crippen LogP contribution in [-0.2, 0) is 0 Å². The number of ether oxygens (including phenoxy) is 1. The number of aryl methyl sites for hydroxylation is 2. The zero-order valence-corrected chi connectivity index (χ0v) is 13.3. The van der Waals surface area contributed by atoms with Gasteiger partial charge in [-0.1, -0.05) is 12.1 Å². The van der Waals surface area contributed by atoms with Crippen LogP contribution in [0.1, 0.15) is 33.4 Å². The Morgan fingerprint density at radius 1 is 1.29 bits per heavy atom. The van der Waals surface area contributed by atoms with Gasteiger partial charge in [0, 0.05) is 12.2 Å². The van der Waals surface area contributed by atoms with Gasteiger partial charge in [-0.05, 0) is 43.7 Å². The molecule has 5 nitrogen and oxygen atoms in total. The lowest BCUT2D eigenvalue weighted by atomic mass is 10.1.